The molecule has 0 aliphatic carbocycles. The molecular formula is C39H42Cl2FN5O4. The Kier molecular flexibility index (Phi) is 10.3. The second kappa shape index (κ2) is 14.9. The summed E-state index contributed by atoms with van der Waals surface area (Å²) < 4.78 is 21.6. The van der Waals surface area contributed by atoms with Crippen molar-refractivity contribution in [1.82, 2.24) is 14.8 Å². The quantitative estimate of drug-likeness (QED) is 0.188. The number of aryl methyl sites for hydroxylation is 1. The van der Waals surface area contributed by atoms with Crippen LogP contribution in [0.4, 0.5) is 15.8 Å². The van der Waals surface area contributed by atoms with Crippen LogP contribution >= 0.6 is 23.2 Å². The number of imide groups is 1. The van der Waals surface area contributed by atoms with Crippen LogP contribution in [0.25, 0.3) is 21.9 Å². The van der Waals surface area contributed by atoms with Gasteiger partial charge in [-0.15, -0.1) is 0 Å². The highest BCUT2D eigenvalue weighted by molar-refractivity contribution is 6.33. The van der Waals surface area contributed by atoms with Crippen LogP contribution in [0.3, 0.4) is 0 Å². The number of pyridine rings is 1. The molecule has 3 saturated heterocycles. The first kappa shape index (κ1) is 35.3. The Labute approximate surface area is 306 Å². The Morgan fingerprint density at radius 3 is 2.29 bits per heavy atom. The van der Waals surface area contributed by atoms with Gasteiger partial charge in [-0.25, -0.2) is 4.39 Å². The molecule has 4 heterocycles. The number of methoxy groups -OCH3 is 1. The second-order valence-electron chi connectivity index (χ2n) is 14.0. The van der Waals surface area contributed by atoms with Crippen LogP contribution in [0, 0.1) is 17.7 Å². The number of ether oxygens (including phenoxy) is 1. The maximum atomic E-state index is 14.3. The van der Waals surface area contributed by atoms with E-state index in [1.54, 1.807) is 20.4 Å². The number of piperidine rings is 3. The summed E-state index contributed by atoms with van der Waals surface area (Å²) in [5.74, 6) is 1.06. The molecule has 2 N–H and O–H groups in total. The summed E-state index contributed by atoms with van der Waals surface area (Å²) in [6.07, 6.45) is 6.98. The lowest BCUT2D eigenvalue weighted by molar-refractivity contribution is -0.133. The molecule has 0 saturated carbocycles. The number of hydrogen-bond acceptors (Lipinski definition) is 7. The second-order valence-corrected chi connectivity index (χ2v) is 14.9. The van der Waals surface area contributed by atoms with E-state index in [9.17, 15) is 18.8 Å². The minimum Gasteiger partial charge on any atom is -0.496 e. The van der Waals surface area contributed by atoms with Gasteiger partial charge in [-0.05, 0) is 117 Å². The molecule has 3 aliphatic heterocycles. The van der Waals surface area contributed by atoms with Gasteiger partial charge in [0, 0.05) is 66.5 Å². The van der Waals surface area contributed by atoms with Crippen molar-refractivity contribution in [2.45, 2.75) is 51.1 Å². The highest BCUT2D eigenvalue weighted by Gasteiger charge is 2.31. The highest BCUT2D eigenvalue weighted by atomic mass is 35.5. The van der Waals surface area contributed by atoms with Gasteiger partial charge in [-0.3, -0.25) is 24.6 Å². The van der Waals surface area contributed by atoms with Gasteiger partial charge in [-0.2, -0.15) is 0 Å². The third-order valence-electron chi connectivity index (χ3n) is 10.9. The van der Waals surface area contributed by atoms with Gasteiger partial charge in [0.15, 0.2) is 0 Å². The summed E-state index contributed by atoms with van der Waals surface area (Å²) in [7, 11) is 3.33. The van der Waals surface area contributed by atoms with E-state index in [-0.39, 0.29) is 17.4 Å². The van der Waals surface area contributed by atoms with Gasteiger partial charge in [0.25, 0.3) is 5.56 Å². The SMILES string of the molecule is COc1cc(-c2cn(C)c(=O)c3ccc(F)cc23)cc(Cl)c1CN1CCC(C2CCN(c3ccc(NC4CCC(=O)NC4=O)cc3Cl)CC2)CC1. The molecular weight excluding hydrogens is 692 g/mol. The Morgan fingerprint density at radius 2 is 1.61 bits per heavy atom. The first-order chi connectivity index (χ1) is 24.6. The highest BCUT2D eigenvalue weighted by Crippen LogP contribution is 2.40. The summed E-state index contributed by atoms with van der Waals surface area (Å²) in [5, 5.41) is 7.81. The van der Waals surface area contributed by atoms with Gasteiger partial charge in [0.05, 0.1) is 17.8 Å². The summed E-state index contributed by atoms with van der Waals surface area (Å²) in [6.45, 7) is 4.51. The Bertz CT molecular complexity index is 2040. The standard InChI is InChI=1S/C39H42Cl2FN5O4/c1-45-21-30(29-19-26(42)3-5-28(29)39(45)50)25-17-32(40)31(36(18-25)51-2)22-46-13-9-23(10-14-46)24-11-15-47(16-12-24)35-7-4-27(20-33(35)41)43-34-6-8-37(48)44-38(34)49/h3-5,7,17-21,23-24,34,43H,6,8-16,22H2,1-2H3,(H,44,48,49). The lowest BCUT2D eigenvalue weighted by Crippen LogP contribution is -2.47. The zero-order valence-corrected chi connectivity index (χ0v) is 30.3. The van der Waals surface area contributed by atoms with E-state index in [4.69, 9.17) is 27.9 Å². The molecule has 268 valence electrons. The van der Waals surface area contributed by atoms with Gasteiger partial charge >= 0.3 is 0 Å². The Hall–Kier alpha value is -4.12. The Morgan fingerprint density at radius 1 is 0.882 bits per heavy atom. The number of fused-ring (bicyclic) bond motifs is 1. The van der Waals surface area contributed by atoms with E-state index in [0.717, 1.165) is 74.4 Å². The number of anilines is 2. The van der Waals surface area contributed by atoms with Gasteiger partial charge in [0.2, 0.25) is 11.8 Å². The third-order valence-corrected chi connectivity index (χ3v) is 11.6. The number of likely N-dealkylation sites (tertiary alicyclic amines) is 1. The van der Waals surface area contributed by atoms with E-state index in [1.165, 1.54) is 22.8 Å². The number of halogens is 3. The third kappa shape index (κ3) is 7.45. The van der Waals surface area contributed by atoms with Crippen molar-refractivity contribution < 1.29 is 18.7 Å². The molecule has 1 atom stereocenters. The summed E-state index contributed by atoms with van der Waals surface area (Å²) in [6, 6.07) is 13.4. The minimum atomic E-state index is -0.445. The number of benzene rings is 3. The molecule has 1 unspecified atom stereocenters. The zero-order chi connectivity index (χ0) is 35.8. The van der Waals surface area contributed by atoms with Gasteiger partial charge in [-0.1, -0.05) is 23.2 Å². The number of aromatic nitrogens is 1. The van der Waals surface area contributed by atoms with Crippen LogP contribution in [0.2, 0.25) is 10.0 Å². The summed E-state index contributed by atoms with van der Waals surface area (Å²) in [4.78, 5) is 41.2. The molecule has 51 heavy (non-hydrogen) atoms. The van der Waals surface area contributed by atoms with E-state index in [2.05, 4.69) is 20.4 Å². The van der Waals surface area contributed by atoms with Crippen LogP contribution in [-0.2, 0) is 23.2 Å². The first-order valence-corrected chi connectivity index (χ1v) is 18.4. The van der Waals surface area contributed by atoms with Gasteiger partial charge in [0.1, 0.15) is 17.6 Å². The normalized spacial score (nSPS) is 19.4. The molecule has 2 amide bonds. The maximum Gasteiger partial charge on any atom is 0.258 e. The monoisotopic (exact) mass is 733 g/mol. The number of amides is 2. The van der Waals surface area contributed by atoms with Crippen molar-refractivity contribution >= 4 is 57.2 Å². The van der Waals surface area contributed by atoms with Crippen LogP contribution in [0.5, 0.6) is 5.75 Å². The zero-order valence-electron chi connectivity index (χ0n) is 28.8. The summed E-state index contributed by atoms with van der Waals surface area (Å²) in [5.41, 5.74) is 3.99. The molecule has 3 aromatic carbocycles. The molecule has 4 aromatic rings. The number of nitrogens with zero attached hydrogens (tertiary/aromatic N) is 3. The van der Waals surface area contributed by atoms with Gasteiger partial charge < -0.3 is 19.5 Å². The molecule has 12 heteroatoms. The van der Waals surface area contributed by atoms with E-state index < -0.39 is 11.9 Å². The predicted molar refractivity (Wildman–Crippen MR) is 200 cm³/mol. The maximum absolute atomic E-state index is 14.3. The number of nitrogens with one attached hydrogen (secondary N) is 2. The number of carbonyl (C=O) groups is 2. The largest absolute Gasteiger partial charge is 0.496 e. The van der Waals surface area contributed by atoms with E-state index in [0.29, 0.717) is 63.4 Å². The number of hydrogen-bond donors (Lipinski definition) is 2. The molecule has 3 fully saturated rings. The van der Waals surface area contributed by atoms with Crippen molar-refractivity contribution in [3.8, 4) is 16.9 Å². The van der Waals surface area contributed by atoms with Crippen LogP contribution in [0.15, 0.2) is 59.5 Å². The van der Waals surface area contributed by atoms with Crippen molar-refractivity contribution in [3.05, 3.63) is 86.5 Å². The lowest BCUT2D eigenvalue weighted by atomic mass is 9.78. The molecule has 0 bridgehead atoms. The predicted octanol–water partition coefficient (Wildman–Crippen LogP) is 7.01. The fraction of sp³-hybridized carbons (Fsp3) is 0.410. The minimum absolute atomic E-state index is 0.185. The number of carbonyl (C=O) groups excluding carboxylic acids is 2. The molecule has 9 nitrogen and oxygen atoms in total. The molecule has 0 spiro atoms. The van der Waals surface area contributed by atoms with Crippen molar-refractivity contribution in [2.75, 3.05) is 43.5 Å². The topological polar surface area (TPSA) is 95.9 Å². The van der Waals surface area contributed by atoms with E-state index in [1.807, 2.05) is 30.3 Å². The summed E-state index contributed by atoms with van der Waals surface area (Å²) >= 11 is 13.7. The average Bonchev–Trinajstić information content (AvgIpc) is 3.12. The van der Waals surface area contributed by atoms with Crippen LogP contribution in [-0.4, -0.2) is 60.6 Å². The van der Waals surface area contributed by atoms with Crippen LogP contribution in [0.1, 0.15) is 44.1 Å². The van der Waals surface area contributed by atoms with Crippen molar-refractivity contribution in [2.24, 2.45) is 18.9 Å². The molecule has 1 aromatic heterocycles. The fourth-order valence-electron chi connectivity index (χ4n) is 8.07. The molecule has 7 rings (SSSR count). The van der Waals surface area contributed by atoms with E-state index >= 15 is 0 Å². The lowest BCUT2D eigenvalue weighted by Gasteiger charge is -2.41. The average molecular weight is 735 g/mol. The number of rotatable bonds is 8. The first-order valence-electron chi connectivity index (χ1n) is 17.6. The van der Waals surface area contributed by atoms with Crippen LogP contribution < -0.4 is 25.8 Å². The smallest absolute Gasteiger partial charge is 0.258 e. The fourth-order valence-corrected chi connectivity index (χ4v) is 8.64. The van der Waals surface area contributed by atoms with Crippen molar-refractivity contribution in [1.29, 1.82) is 0 Å². The molecule has 3 aliphatic rings. The Balaban J connectivity index is 0.949. The molecule has 0 radical (unpaired) electrons. The van der Waals surface area contributed by atoms with Crippen molar-refractivity contribution in [3.63, 3.8) is 0 Å².